The van der Waals surface area contributed by atoms with Crippen molar-refractivity contribution in [2.24, 2.45) is 10.9 Å². The Hall–Kier alpha value is -2.67. The molecular formula is C13H12N6O. The van der Waals surface area contributed by atoms with Crippen LogP contribution >= 0.6 is 0 Å². The van der Waals surface area contributed by atoms with Crippen molar-refractivity contribution in [3.05, 3.63) is 52.8 Å². The van der Waals surface area contributed by atoms with Crippen LogP contribution in [0.25, 0.3) is 11.2 Å². The molecule has 0 atom stereocenters. The third kappa shape index (κ3) is 2.26. The third-order valence-corrected chi connectivity index (χ3v) is 3.01. The highest BCUT2D eigenvalue weighted by molar-refractivity contribution is 5.70. The van der Waals surface area contributed by atoms with Gasteiger partial charge in [-0.1, -0.05) is 24.3 Å². The van der Waals surface area contributed by atoms with E-state index in [0.29, 0.717) is 24.3 Å². The lowest BCUT2D eigenvalue weighted by Gasteiger charge is -2.05. The summed E-state index contributed by atoms with van der Waals surface area (Å²) >= 11 is 0. The van der Waals surface area contributed by atoms with Gasteiger partial charge in [0.1, 0.15) is 5.52 Å². The highest BCUT2D eigenvalue weighted by Crippen LogP contribution is 2.15. The second kappa shape index (κ2) is 5.14. The molecule has 7 nitrogen and oxygen atoms in total. The Morgan fingerprint density at radius 1 is 1.25 bits per heavy atom. The monoisotopic (exact) mass is 268 g/mol. The largest absolute Gasteiger partial charge is 0.326 e. The Morgan fingerprint density at radius 3 is 2.90 bits per heavy atom. The zero-order valence-electron chi connectivity index (χ0n) is 10.6. The fourth-order valence-corrected chi connectivity index (χ4v) is 2.06. The van der Waals surface area contributed by atoms with Crippen molar-refractivity contribution in [2.45, 2.75) is 13.1 Å². The highest BCUT2D eigenvalue weighted by atomic mass is 16.3. The number of nitrogens with zero attached hydrogens (tertiary/aromatic N) is 5. The third-order valence-electron chi connectivity index (χ3n) is 3.01. The number of fused-ring (bicyclic) bond motifs is 1. The van der Waals surface area contributed by atoms with Gasteiger partial charge in [0.15, 0.2) is 5.65 Å². The van der Waals surface area contributed by atoms with E-state index in [-0.39, 0.29) is 5.95 Å². The van der Waals surface area contributed by atoms with E-state index in [1.807, 2.05) is 28.8 Å². The normalized spacial score (nSPS) is 10.8. The van der Waals surface area contributed by atoms with E-state index >= 15 is 0 Å². The number of hydrogen-bond donors (Lipinski definition) is 1. The molecule has 0 aliphatic carbocycles. The van der Waals surface area contributed by atoms with E-state index in [1.54, 1.807) is 6.33 Å². The maximum absolute atomic E-state index is 10.5. The van der Waals surface area contributed by atoms with Crippen molar-refractivity contribution in [2.75, 3.05) is 0 Å². The fourth-order valence-electron chi connectivity index (χ4n) is 2.06. The minimum absolute atomic E-state index is 0.0880. The zero-order valence-corrected chi connectivity index (χ0v) is 10.6. The molecule has 0 spiro atoms. The molecule has 3 aromatic rings. The van der Waals surface area contributed by atoms with Crippen LogP contribution in [0.1, 0.15) is 11.1 Å². The molecule has 0 amide bonds. The molecule has 2 N–H and O–H groups in total. The van der Waals surface area contributed by atoms with Gasteiger partial charge < -0.3 is 10.3 Å². The summed E-state index contributed by atoms with van der Waals surface area (Å²) in [5, 5.41) is 2.75. The average Bonchev–Trinajstić information content (AvgIpc) is 2.89. The van der Waals surface area contributed by atoms with Gasteiger partial charge in [-0.3, -0.25) is 0 Å². The van der Waals surface area contributed by atoms with E-state index in [9.17, 15) is 4.91 Å². The second-order valence-electron chi connectivity index (χ2n) is 4.37. The summed E-state index contributed by atoms with van der Waals surface area (Å²) in [4.78, 5) is 22.6. The van der Waals surface area contributed by atoms with Crippen LogP contribution in [-0.2, 0) is 13.1 Å². The van der Waals surface area contributed by atoms with Crippen LogP contribution in [0.5, 0.6) is 0 Å². The molecule has 20 heavy (non-hydrogen) atoms. The lowest BCUT2D eigenvalue weighted by molar-refractivity contribution is 0.811. The number of aromatic nitrogens is 4. The van der Waals surface area contributed by atoms with Crippen molar-refractivity contribution in [1.29, 1.82) is 0 Å². The predicted molar refractivity (Wildman–Crippen MR) is 74.2 cm³/mol. The minimum Gasteiger partial charge on any atom is -0.326 e. The molecule has 2 aromatic heterocycles. The lowest BCUT2D eigenvalue weighted by atomic mass is 10.1. The van der Waals surface area contributed by atoms with Crippen LogP contribution in [-0.4, -0.2) is 19.5 Å². The average molecular weight is 268 g/mol. The molecule has 0 aliphatic heterocycles. The fraction of sp³-hybridized carbons (Fsp3) is 0.154. The van der Waals surface area contributed by atoms with Crippen LogP contribution in [0.4, 0.5) is 5.95 Å². The maximum atomic E-state index is 10.5. The first-order chi connectivity index (χ1) is 9.80. The molecule has 3 rings (SSSR count). The summed E-state index contributed by atoms with van der Waals surface area (Å²) in [7, 11) is 0. The van der Waals surface area contributed by atoms with Gasteiger partial charge in [-0.25, -0.2) is 9.97 Å². The predicted octanol–water partition coefficient (Wildman–Crippen LogP) is 1.73. The molecular weight excluding hydrogens is 256 g/mol. The first-order valence-corrected chi connectivity index (χ1v) is 6.09. The summed E-state index contributed by atoms with van der Waals surface area (Å²) in [6.07, 6.45) is 3.16. The van der Waals surface area contributed by atoms with Crippen molar-refractivity contribution < 1.29 is 0 Å². The van der Waals surface area contributed by atoms with Crippen LogP contribution in [0.3, 0.4) is 0 Å². The Bertz CT molecular complexity index is 766. The number of nitroso groups, excluding NO2 is 1. The van der Waals surface area contributed by atoms with Crippen LogP contribution in [0, 0.1) is 4.91 Å². The van der Waals surface area contributed by atoms with Gasteiger partial charge in [-0.2, -0.15) is 4.98 Å². The molecule has 0 saturated carbocycles. The smallest absolute Gasteiger partial charge is 0.293 e. The Kier molecular flexibility index (Phi) is 3.18. The molecule has 0 saturated heterocycles. The van der Waals surface area contributed by atoms with Gasteiger partial charge in [-0.15, -0.1) is 4.91 Å². The summed E-state index contributed by atoms with van der Waals surface area (Å²) < 4.78 is 1.85. The molecule has 0 unspecified atom stereocenters. The number of hydrogen-bond acceptors (Lipinski definition) is 6. The van der Waals surface area contributed by atoms with E-state index in [4.69, 9.17) is 5.73 Å². The SMILES string of the molecule is NCc1cccc(Cn2cnc3cnc(N=O)nc32)c1. The second-order valence-corrected chi connectivity index (χ2v) is 4.37. The summed E-state index contributed by atoms with van der Waals surface area (Å²) in [6, 6.07) is 7.98. The number of nitrogens with two attached hydrogens (primary N) is 1. The topological polar surface area (TPSA) is 99.0 Å². The quantitative estimate of drug-likeness (QED) is 0.726. The molecule has 1 aromatic carbocycles. The lowest BCUT2D eigenvalue weighted by Crippen LogP contribution is -2.02. The van der Waals surface area contributed by atoms with Crippen LogP contribution < -0.4 is 5.73 Å². The van der Waals surface area contributed by atoms with Crippen LogP contribution in [0.2, 0.25) is 0 Å². The van der Waals surface area contributed by atoms with Gasteiger partial charge in [0.25, 0.3) is 5.95 Å². The molecule has 100 valence electrons. The molecule has 7 heteroatoms. The Labute approximate surface area is 114 Å². The first-order valence-electron chi connectivity index (χ1n) is 6.09. The van der Waals surface area contributed by atoms with Gasteiger partial charge in [0.2, 0.25) is 0 Å². The Balaban J connectivity index is 1.99. The van der Waals surface area contributed by atoms with E-state index < -0.39 is 0 Å². The Morgan fingerprint density at radius 2 is 2.10 bits per heavy atom. The highest BCUT2D eigenvalue weighted by Gasteiger charge is 2.07. The molecule has 0 radical (unpaired) electrons. The molecule has 0 fully saturated rings. The number of imidazole rings is 1. The molecule has 0 aliphatic rings. The van der Waals surface area contributed by atoms with Crippen molar-refractivity contribution in [3.63, 3.8) is 0 Å². The summed E-state index contributed by atoms with van der Waals surface area (Å²) in [6.45, 7) is 1.10. The van der Waals surface area contributed by atoms with Crippen molar-refractivity contribution >= 4 is 17.1 Å². The minimum atomic E-state index is -0.0880. The van der Waals surface area contributed by atoms with Gasteiger partial charge in [0.05, 0.1) is 19.1 Å². The number of rotatable bonds is 4. The van der Waals surface area contributed by atoms with Crippen molar-refractivity contribution in [3.8, 4) is 0 Å². The van der Waals surface area contributed by atoms with Gasteiger partial charge in [-0.05, 0) is 11.1 Å². The first kappa shape index (κ1) is 12.4. The molecule has 2 heterocycles. The standard InChI is InChI=1S/C13H12N6O/c14-5-9-2-1-3-10(4-9)7-19-8-16-11-6-15-13(18-20)17-12(11)19/h1-4,6,8H,5,7,14H2. The summed E-state index contributed by atoms with van der Waals surface area (Å²) in [5.41, 5.74) is 9.01. The number of benzene rings is 1. The van der Waals surface area contributed by atoms with E-state index in [1.165, 1.54) is 6.20 Å². The summed E-state index contributed by atoms with van der Waals surface area (Å²) in [5.74, 6) is -0.0880. The zero-order chi connectivity index (χ0) is 13.9. The van der Waals surface area contributed by atoms with Crippen LogP contribution in [0.15, 0.2) is 42.0 Å². The molecule has 0 bridgehead atoms. The van der Waals surface area contributed by atoms with Gasteiger partial charge in [0, 0.05) is 11.7 Å². The van der Waals surface area contributed by atoms with Crippen molar-refractivity contribution in [1.82, 2.24) is 19.5 Å². The maximum Gasteiger partial charge on any atom is 0.293 e. The van der Waals surface area contributed by atoms with Gasteiger partial charge >= 0.3 is 0 Å². The van der Waals surface area contributed by atoms with E-state index in [0.717, 1.165) is 11.1 Å². The van der Waals surface area contributed by atoms with E-state index in [2.05, 4.69) is 20.1 Å².